The highest BCUT2D eigenvalue weighted by Gasteiger charge is 2.29. The third-order valence-corrected chi connectivity index (χ3v) is 6.93. The lowest BCUT2D eigenvalue weighted by Crippen LogP contribution is -2.40. The standard InChI is InChI=1S/C22H23ClN2O7S/c1-30-19-8-6-16(14-20(19)33(28,29)25-10-12-31-13-11-25)7-9-22(27)32-15-21(26)24-18-5-3-2-4-17(18)23/h2-9,14H,10-13,15H2,1H3,(H,24,26)/b9-7+. The number of nitrogens with one attached hydrogen (secondary N) is 1. The monoisotopic (exact) mass is 494 g/mol. The van der Waals surface area contributed by atoms with Gasteiger partial charge < -0.3 is 19.5 Å². The van der Waals surface area contributed by atoms with Crippen LogP contribution in [-0.2, 0) is 29.1 Å². The van der Waals surface area contributed by atoms with Crippen LogP contribution in [0.15, 0.2) is 53.4 Å². The highest BCUT2D eigenvalue weighted by molar-refractivity contribution is 7.89. The summed E-state index contributed by atoms with van der Waals surface area (Å²) in [5.74, 6) is -1.12. The molecule has 2 aromatic carbocycles. The molecule has 11 heteroatoms. The maximum Gasteiger partial charge on any atom is 0.331 e. The fourth-order valence-electron chi connectivity index (χ4n) is 3.02. The van der Waals surface area contributed by atoms with Crippen LogP contribution in [0.4, 0.5) is 5.69 Å². The van der Waals surface area contributed by atoms with Crippen molar-refractivity contribution in [3.05, 3.63) is 59.1 Å². The van der Waals surface area contributed by atoms with E-state index in [0.717, 1.165) is 6.08 Å². The number of hydrogen-bond donors (Lipinski definition) is 1. The molecule has 1 aliphatic heterocycles. The minimum Gasteiger partial charge on any atom is -0.495 e. The summed E-state index contributed by atoms with van der Waals surface area (Å²) >= 11 is 5.97. The first-order valence-electron chi connectivity index (χ1n) is 9.96. The number of esters is 1. The molecule has 0 saturated carbocycles. The molecule has 2 aromatic rings. The average Bonchev–Trinajstić information content (AvgIpc) is 2.83. The zero-order valence-corrected chi connectivity index (χ0v) is 19.4. The zero-order chi connectivity index (χ0) is 23.8. The molecule has 33 heavy (non-hydrogen) atoms. The van der Waals surface area contributed by atoms with Crippen LogP contribution in [0.2, 0.25) is 5.02 Å². The molecule has 0 radical (unpaired) electrons. The van der Waals surface area contributed by atoms with Crippen molar-refractivity contribution >= 4 is 45.3 Å². The summed E-state index contributed by atoms with van der Waals surface area (Å²) in [6, 6.07) is 11.2. The van der Waals surface area contributed by atoms with E-state index in [2.05, 4.69) is 5.32 Å². The van der Waals surface area contributed by atoms with Gasteiger partial charge in [-0.25, -0.2) is 13.2 Å². The Morgan fingerprint density at radius 3 is 2.61 bits per heavy atom. The number of hydrogen-bond acceptors (Lipinski definition) is 7. The molecule has 0 bridgehead atoms. The Labute approximate surface area is 196 Å². The van der Waals surface area contributed by atoms with Crippen molar-refractivity contribution in [3.63, 3.8) is 0 Å². The topological polar surface area (TPSA) is 111 Å². The van der Waals surface area contributed by atoms with Gasteiger partial charge in [0.1, 0.15) is 10.6 Å². The molecule has 1 aliphatic rings. The van der Waals surface area contributed by atoms with Crippen molar-refractivity contribution in [1.29, 1.82) is 0 Å². The molecule has 9 nitrogen and oxygen atoms in total. The molecule has 1 fully saturated rings. The first-order chi connectivity index (χ1) is 15.8. The van der Waals surface area contributed by atoms with Gasteiger partial charge in [-0.15, -0.1) is 0 Å². The Hall–Kier alpha value is -2.92. The quantitative estimate of drug-likeness (QED) is 0.443. The van der Waals surface area contributed by atoms with Crippen LogP contribution in [0.5, 0.6) is 5.75 Å². The van der Waals surface area contributed by atoms with E-state index in [0.29, 0.717) is 29.5 Å². The number of ether oxygens (including phenoxy) is 3. The maximum atomic E-state index is 13.0. The van der Waals surface area contributed by atoms with Gasteiger partial charge in [-0.2, -0.15) is 4.31 Å². The molecule has 0 aromatic heterocycles. The summed E-state index contributed by atoms with van der Waals surface area (Å²) in [7, 11) is -2.42. The summed E-state index contributed by atoms with van der Waals surface area (Å²) in [5, 5.41) is 2.90. The molecule has 0 unspecified atom stereocenters. The van der Waals surface area contributed by atoms with Gasteiger partial charge >= 0.3 is 5.97 Å². The van der Waals surface area contributed by atoms with Crippen LogP contribution < -0.4 is 10.1 Å². The molecule has 1 N–H and O–H groups in total. The SMILES string of the molecule is COc1ccc(/C=C/C(=O)OCC(=O)Nc2ccccc2Cl)cc1S(=O)(=O)N1CCOCC1. The molecule has 3 rings (SSSR count). The Balaban J connectivity index is 1.64. The van der Waals surface area contributed by atoms with E-state index in [1.54, 1.807) is 30.3 Å². The van der Waals surface area contributed by atoms with Crippen molar-refractivity contribution in [3.8, 4) is 5.75 Å². The van der Waals surface area contributed by atoms with Gasteiger partial charge in [0, 0.05) is 19.2 Å². The highest BCUT2D eigenvalue weighted by Crippen LogP contribution is 2.29. The normalized spacial score (nSPS) is 14.7. The number of amides is 1. The second kappa shape index (κ2) is 11.3. The van der Waals surface area contributed by atoms with Crippen LogP contribution in [0.25, 0.3) is 6.08 Å². The van der Waals surface area contributed by atoms with E-state index in [4.69, 9.17) is 25.8 Å². The Kier molecular flexibility index (Phi) is 8.45. The third-order valence-electron chi connectivity index (χ3n) is 4.68. The molecule has 0 atom stereocenters. The number of benzene rings is 2. The van der Waals surface area contributed by atoms with Crippen molar-refractivity contribution in [2.75, 3.05) is 45.3 Å². The lowest BCUT2D eigenvalue weighted by Gasteiger charge is -2.26. The number of carbonyl (C=O) groups is 2. The van der Waals surface area contributed by atoms with E-state index in [9.17, 15) is 18.0 Å². The van der Waals surface area contributed by atoms with Crippen molar-refractivity contribution in [1.82, 2.24) is 4.31 Å². The molecule has 1 heterocycles. The van der Waals surface area contributed by atoms with Crippen LogP contribution in [0.1, 0.15) is 5.56 Å². The highest BCUT2D eigenvalue weighted by atomic mass is 35.5. The predicted octanol–water partition coefficient (Wildman–Crippen LogP) is 2.56. The van der Waals surface area contributed by atoms with Crippen LogP contribution >= 0.6 is 11.6 Å². The van der Waals surface area contributed by atoms with Crippen LogP contribution in [-0.4, -0.2) is 64.6 Å². The van der Waals surface area contributed by atoms with E-state index < -0.39 is 28.5 Å². The largest absolute Gasteiger partial charge is 0.495 e. The number of carbonyl (C=O) groups excluding carboxylic acids is 2. The summed E-state index contributed by atoms with van der Waals surface area (Å²) < 4.78 is 42.8. The number of nitrogens with zero attached hydrogens (tertiary/aromatic N) is 1. The Bertz CT molecular complexity index is 1150. The summed E-state index contributed by atoms with van der Waals surface area (Å²) in [5.41, 5.74) is 0.850. The fraction of sp³-hybridized carbons (Fsp3) is 0.273. The smallest absolute Gasteiger partial charge is 0.331 e. The number of rotatable bonds is 8. The minimum absolute atomic E-state index is 0.0125. The summed E-state index contributed by atoms with van der Waals surface area (Å²) in [6.45, 7) is 0.615. The first-order valence-corrected chi connectivity index (χ1v) is 11.8. The first kappa shape index (κ1) is 24.7. The van der Waals surface area contributed by atoms with Crippen LogP contribution in [0.3, 0.4) is 0 Å². The third kappa shape index (κ3) is 6.55. The lowest BCUT2D eigenvalue weighted by atomic mass is 10.2. The number of anilines is 1. The molecular formula is C22H23ClN2O7S. The fourth-order valence-corrected chi connectivity index (χ4v) is 4.80. The number of para-hydroxylation sites is 1. The Morgan fingerprint density at radius 2 is 1.91 bits per heavy atom. The number of halogens is 1. The molecule has 176 valence electrons. The van der Waals surface area contributed by atoms with Gasteiger partial charge in [-0.3, -0.25) is 4.79 Å². The van der Waals surface area contributed by atoms with Gasteiger partial charge in [-0.1, -0.05) is 29.8 Å². The van der Waals surface area contributed by atoms with E-state index in [1.165, 1.54) is 29.6 Å². The van der Waals surface area contributed by atoms with Crippen molar-refractivity contribution in [2.45, 2.75) is 4.90 Å². The lowest BCUT2D eigenvalue weighted by molar-refractivity contribution is -0.142. The van der Waals surface area contributed by atoms with Crippen LogP contribution in [0, 0.1) is 0 Å². The second-order valence-corrected chi connectivity index (χ2v) is 9.21. The van der Waals surface area contributed by atoms with Gasteiger partial charge in [0.2, 0.25) is 10.0 Å². The molecule has 0 aliphatic carbocycles. The minimum atomic E-state index is -3.81. The maximum absolute atomic E-state index is 13.0. The van der Waals surface area contributed by atoms with Crippen molar-refractivity contribution in [2.24, 2.45) is 0 Å². The zero-order valence-electron chi connectivity index (χ0n) is 17.8. The van der Waals surface area contributed by atoms with E-state index in [-0.39, 0.29) is 23.7 Å². The molecule has 0 spiro atoms. The van der Waals surface area contributed by atoms with Gasteiger partial charge in [0.15, 0.2) is 6.61 Å². The van der Waals surface area contributed by atoms with Gasteiger partial charge in [0.05, 0.1) is 31.0 Å². The number of morpholine rings is 1. The molecule has 1 saturated heterocycles. The number of sulfonamides is 1. The van der Waals surface area contributed by atoms with Gasteiger partial charge in [0.25, 0.3) is 5.91 Å². The Morgan fingerprint density at radius 1 is 1.18 bits per heavy atom. The molecular weight excluding hydrogens is 472 g/mol. The van der Waals surface area contributed by atoms with E-state index >= 15 is 0 Å². The average molecular weight is 495 g/mol. The van der Waals surface area contributed by atoms with Crippen molar-refractivity contribution < 1.29 is 32.2 Å². The summed E-state index contributed by atoms with van der Waals surface area (Å²) in [6.07, 6.45) is 2.50. The second-order valence-electron chi connectivity index (χ2n) is 6.90. The number of methoxy groups -OCH3 is 1. The summed E-state index contributed by atoms with van der Waals surface area (Å²) in [4.78, 5) is 24.0. The molecule has 1 amide bonds. The van der Waals surface area contributed by atoms with E-state index in [1.807, 2.05) is 0 Å². The predicted molar refractivity (Wildman–Crippen MR) is 123 cm³/mol. The van der Waals surface area contributed by atoms with Gasteiger partial charge in [-0.05, 0) is 35.9 Å².